The maximum absolute atomic E-state index is 12.3. The number of nitriles is 2. The summed E-state index contributed by atoms with van der Waals surface area (Å²) < 4.78 is 20.1. The van der Waals surface area contributed by atoms with Crippen LogP contribution in [0.4, 0.5) is 0 Å². The average Bonchev–Trinajstić information content (AvgIpc) is 2.83. The molecule has 0 fully saturated rings. The Hall–Kier alpha value is -4.82. The van der Waals surface area contributed by atoms with E-state index >= 15 is 0 Å². The Kier molecular flexibility index (Phi) is 7.39. The van der Waals surface area contributed by atoms with Crippen molar-refractivity contribution in [3.05, 3.63) is 95.1 Å². The summed E-state index contributed by atoms with van der Waals surface area (Å²) in [5, 5.41) is 17.3. The van der Waals surface area contributed by atoms with Crippen LogP contribution in [0.1, 0.15) is 31.8 Å². The van der Waals surface area contributed by atoms with Gasteiger partial charge in [0.2, 0.25) is 0 Å². The summed E-state index contributed by atoms with van der Waals surface area (Å²) in [7, 11) is 0. The van der Waals surface area contributed by atoms with Crippen molar-refractivity contribution in [1.82, 2.24) is 0 Å². The van der Waals surface area contributed by atoms with Gasteiger partial charge in [0.15, 0.2) is 11.5 Å². The number of esters is 2. The normalized spacial score (nSPS) is 9.69. The minimum absolute atomic E-state index is 0.0126. The molecule has 3 rings (SSSR count). The molecule has 0 saturated heterocycles. The molecule has 0 atom stereocenters. The molecule has 0 heterocycles. The third-order valence-corrected chi connectivity index (χ3v) is 4.29. The number of para-hydroxylation sites is 2. The van der Waals surface area contributed by atoms with Crippen LogP contribution >= 0.6 is 0 Å². The van der Waals surface area contributed by atoms with Crippen LogP contribution < -0.4 is 9.47 Å². The fourth-order valence-electron chi connectivity index (χ4n) is 2.73. The molecule has 0 N–H and O–H groups in total. The highest BCUT2D eigenvalue weighted by atomic mass is 16.5. The first-order chi connectivity index (χ1) is 15.6. The lowest BCUT2D eigenvalue weighted by Crippen LogP contribution is -2.08. The van der Waals surface area contributed by atoms with E-state index in [1.165, 1.54) is 36.8 Å². The van der Waals surface area contributed by atoms with Crippen LogP contribution in [0.2, 0.25) is 0 Å². The first-order valence-electron chi connectivity index (χ1n) is 9.34. The molecule has 0 amide bonds. The Morgan fingerprint density at radius 3 is 1.38 bits per heavy atom. The third-order valence-electron chi connectivity index (χ3n) is 4.29. The lowest BCUT2D eigenvalue weighted by atomic mass is 10.1. The molecule has 0 saturated carbocycles. The second-order valence-electron chi connectivity index (χ2n) is 6.35. The number of benzene rings is 3. The van der Waals surface area contributed by atoms with Crippen LogP contribution in [0.25, 0.3) is 0 Å². The first kappa shape index (κ1) is 21.9. The summed E-state index contributed by atoms with van der Waals surface area (Å²) in [5.41, 5.74) is 1.75. The van der Waals surface area contributed by atoms with Gasteiger partial charge < -0.3 is 18.9 Å². The Labute approximate surface area is 183 Å². The highest BCUT2D eigenvalue weighted by molar-refractivity contribution is 5.93. The van der Waals surface area contributed by atoms with Crippen LogP contribution in [0.5, 0.6) is 11.5 Å². The summed E-state index contributed by atoms with van der Waals surface area (Å²) in [5.74, 6) is -0.989. The molecule has 8 nitrogen and oxygen atoms in total. The van der Waals surface area contributed by atoms with E-state index in [1.807, 2.05) is 0 Å². The monoisotopic (exact) mass is 428 g/mol. The van der Waals surface area contributed by atoms with Gasteiger partial charge in [-0.3, -0.25) is 0 Å². The maximum Gasteiger partial charge on any atom is 0.342 e. The van der Waals surface area contributed by atoms with Crippen molar-refractivity contribution in [1.29, 1.82) is 10.5 Å². The largest absolute Gasteiger partial charge is 0.457 e. The molecule has 0 spiro atoms. The quantitative estimate of drug-likeness (QED) is 0.388. The Morgan fingerprint density at radius 2 is 1.00 bits per heavy atom. The Bertz CT molecular complexity index is 1100. The van der Waals surface area contributed by atoms with Crippen molar-refractivity contribution < 1.29 is 28.5 Å². The standard InChI is InChI=1S/C24H16N2O6/c25-15-31-21-7-3-1-5-19(21)23(27)29-13-17-9-11-18(12-10-17)14-30-24(28)20-6-2-4-8-22(20)32-16-26/h1-12H,13-14H2. The van der Waals surface area contributed by atoms with E-state index in [4.69, 9.17) is 29.5 Å². The molecule has 8 heteroatoms. The van der Waals surface area contributed by atoms with E-state index in [0.717, 1.165) is 11.1 Å². The van der Waals surface area contributed by atoms with Gasteiger partial charge in [-0.15, -0.1) is 10.5 Å². The van der Waals surface area contributed by atoms with Crippen LogP contribution in [0.15, 0.2) is 72.8 Å². The number of carbonyl (C=O) groups excluding carboxylic acids is 2. The maximum atomic E-state index is 12.3. The molecular weight excluding hydrogens is 412 g/mol. The molecule has 0 radical (unpaired) electrons. The molecule has 3 aromatic carbocycles. The number of nitrogens with zero attached hydrogens (tertiary/aromatic N) is 2. The number of hydrogen-bond donors (Lipinski definition) is 0. The van der Waals surface area contributed by atoms with E-state index < -0.39 is 11.9 Å². The molecule has 0 unspecified atom stereocenters. The van der Waals surface area contributed by atoms with E-state index in [1.54, 1.807) is 48.5 Å². The fourth-order valence-corrected chi connectivity index (χ4v) is 2.73. The highest BCUT2D eigenvalue weighted by Crippen LogP contribution is 2.21. The Morgan fingerprint density at radius 1 is 0.625 bits per heavy atom. The van der Waals surface area contributed by atoms with Crippen LogP contribution in [0.3, 0.4) is 0 Å². The summed E-state index contributed by atoms with van der Waals surface area (Å²) in [6, 6.07) is 19.5. The number of hydrogen-bond acceptors (Lipinski definition) is 8. The zero-order chi connectivity index (χ0) is 22.8. The molecule has 0 bridgehead atoms. The van der Waals surface area contributed by atoms with Crippen molar-refractivity contribution in [2.24, 2.45) is 0 Å². The van der Waals surface area contributed by atoms with Gasteiger partial charge >= 0.3 is 11.9 Å². The molecule has 158 valence electrons. The SMILES string of the molecule is N#COc1ccccc1C(=O)OCc1ccc(COC(=O)c2ccccc2OC#N)cc1. The van der Waals surface area contributed by atoms with Crippen LogP contribution in [-0.4, -0.2) is 11.9 Å². The smallest absolute Gasteiger partial charge is 0.342 e. The fraction of sp³-hybridized carbons (Fsp3) is 0.0833. The number of carbonyl (C=O) groups is 2. The van der Waals surface area contributed by atoms with Crippen molar-refractivity contribution in [3.63, 3.8) is 0 Å². The van der Waals surface area contributed by atoms with Crippen LogP contribution in [0, 0.1) is 23.0 Å². The van der Waals surface area contributed by atoms with E-state index in [-0.39, 0.29) is 35.8 Å². The van der Waals surface area contributed by atoms with Gasteiger partial charge in [0.25, 0.3) is 12.5 Å². The van der Waals surface area contributed by atoms with Crippen molar-refractivity contribution in [3.8, 4) is 24.0 Å². The van der Waals surface area contributed by atoms with E-state index in [9.17, 15) is 9.59 Å². The summed E-state index contributed by atoms with van der Waals surface area (Å²) in [4.78, 5) is 24.5. The molecule has 0 aliphatic rings. The molecule has 0 aliphatic carbocycles. The van der Waals surface area contributed by atoms with Crippen molar-refractivity contribution in [2.45, 2.75) is 13.2 Å². The lowest BCUT2D eigenvalue weighted by Gasteiger charge is -2.09. The van der Waals surface area contributed by atoms with E-state index in [2.05, 4.69) is 0 Å². The zero-order valence-electron chi connectivity index (χ0n) is 16.7. The van der Waals surface area contributed by atoms with Crippen molar-refractivity contribution >= 4 is 11.9 Å². The first-order valence-corrected chi connectivity index (χ1v) is 9.34. The minimum atomic E-state index is -0.618. The van der Waals surface area contributed by atoms with Gasteiger partial charge in [-0.1, -0.05) is 48.5 Å². The molecule has 0 aliphatic heterocycles. The second-order valence-corrected chi connectivity index (χ2v) is 6.35. The highest BCUT2D eigenvalue weighted by Gasteiger charge is 2.15. The number of ether oxygens (including phenoxy) is 4. The average molecular weight is 428 g/mol. The van der Waals surface area contributed by atoms with Gasteiger partial charge in [0.05, 0.1) is 0 Å². The van der Waals surface area contributed by atoms with Gasteiger partial charge in [-0.05, 0) is 35.4 Å². The summed E-state index contributed by atoms with van der Waals surface area (Å²) in [6.45, 7) is 0.0251. The van der Waals surface area contributed by atoms with E-state index in [0.29, 0.717) is 0 Å². The second kappa shape index (κ2) is 10.8. The van der Waals surface area contributed by atoms with Gasteiger partial charge in [0, 0.05) is 0 Å². The predicted molar refractivity (Wildman–Crippen MR) is 110 cm³/mol. The lowest BCUT2D eigenvalue weighted by molar-refractivity contribution is 0.0457. The van der Waals surface area contributed by atoms with Gasteiger partial charge in [-0.2, -0.15) is 0 Å². The summed E-state index contributed by atoms with van der Waals surface area (Å²) in [6.07, 6.45) is 3.07. The predicted octanol–water partition coefficient (Wildman–Crippen LogP) is 4.12. The van der Waals surface area contributed by atoms with Gasteiger partial charge in [-0.25, -0.2) is 9.59 Å². The van der Waals surface area contributed by atoms with Crippen molar-refractivity contribution in [2.75, 3.05) is 0 Å². The topological polar surface area (TPSA) is 119 Å². The number of rotatable bonds is 8. The van der Waals surface area contributed by atoms with Crippen LogP contribution in [-0.2, 0) is 22.7 Å². The minimum Gasteiger partial charge on any atom is -0.457 e. The molecular formula is C24H16N2O6. The Balaban J connectivity index is 1.55. The summed E-state index contributed by atoms with van der Waals surface area (Å²) >= 11 is 0. The molecule has 0 aromatic heterocycles. The zero-order valence-corrected chi connectivity index (χ0v) is 16.7. The molecule has 3 aromatic rings. The van der Waals surface area contributed by atoms with Gasteiger partial charge in [0.1, 0.15) is 24.3 Å². The molecule has 32 heavy (non-hydrogen) atoms. The third kappa shape index (κ3) is 5.62.